The molecule has 0 bridgehead atoms. The fraction of sp³-hybridized carbons (Fsp3) is 0.526. The van der Waals surface area contributed by atoms with Crippen molar-refractivity contribution in [3.63, 3.8) is 0 Å². The van der Waals surface area contributed by atoms with E-state index < -0.39 is 10.3 Å². The number of hydrogen-bond donors (Lipinski definition) is 1. The first kappa shape index (κ1) is 20.0. The fourth-order valence-corrected chi connectivity index (χ4v) is 4.54. The van der Waals surface area contributed by atoms with E-state index >= 15 is 0 Å². The lowest BCUT2D eigenvalue weighted by Gasteiger charge is -2.28. The van der Waals surface area contributed by atoms with Crippen LogP contribution in [0.3, 0.4) is 0 Å². The Hall–Kier alpha value is -1.73. The SMILES string of the molecule is CC(C)(C)OC(=O)N1CCC([C@@]2(C)SC(=Nc3ccccc3Cl)NC2=O)C1. The summed E-state index contributed by atoms with van der Waals surface area (Å²) >= 11 is 7.56. The molecule has 8 heteroatoms. The van der Waals surface area contributed by atoms with Crippen molar-refractivity contribution >= 4 is 46.2 Å². The van der Waals surface area contributed by atoms with E-state index in [1.807, 2.05) is 39.8 Å². The molecule has 2 atom stereocenters. The average Bonchev–Trinajstić information content (AvgIpc) is 3.15. The Bertz CT molecular complexity index is 793. The number of benzene rings is 1. The highest BCUT2D eigenvalue weighted by Gasteiger charge is 2.51. The molecule has 0 aliphatic carbocycles. The van der Waals surface area contributed by atoms with Crippen molar-refractivity contribution < 1.29 is 14.3 Å². The molecule has 27 heavy (non-hydrogen) atoms. The van der Waals surface area contributed by atoms with Gasteiger partial charge in [0.05, 0.1) is 10.7 Å². The molecule has 0 spiro atoms. The topological polar surface area (TPSA) is 71.0 Å². The van der Waals surface area contributed by atoms with Gasteiger partial charge < -0.3 is 15.0 Å². The number of carbonyl (C=O) groups is 2. The molecule has 0 aromatic heterocycles. The Kier molecular flexibility index (Phi) is 5.45. The molecule has 0 radical (unpaired) electrons. The fourth-order valence-electron chi connectivity index (χ4n) is 3.17. The maximum atomic E-state index is 12.7. The van der Waals surface area contributed by atoms with Crippen molar-refractivity contribution in [2.45, 2.75) is 44.5 Å². The lowest BCUT2D eigenvalue weighted by molar-refractivity contribution is -0.122. The summed E-state index contributed by atoms with van der Waals surface area (Å²) in [5.41, 5.74) is 0.0841. The number of halogens is 1. The lowest BCUT2D eigenvalue weighted by Crippen LogP contribution is -2.43. The number of hydrogen-bond acceptors (Lipinski definition) is 5. The molecule has 1 aromatic carbocycles. The summed E-state index contributed by atoms with van der Waals surface area (Å²) in [4.78, 5) is 31.2. The van der Waals surface area contributed by atoms with Crippen molar-refractivity contribution in [2.24, 2.45) is 10.9 Å². The highest BCUT2D eigenvalue weighted by Crippen LogP contribution is 2.43. The highest BCUT2D eigenvalue weighted by atomic mass is 35.5. The van der Waals surface area contributed by atoms with Gasteiger partial charge >= 0.3 is 6.09 Å². The number of nitrogens with one attached hydrogen (secondary N) is 1. The Morgan fingerprint density at radius 3 is 2.78 bits per heavy atom. The van der Waals surface area contributed by atoms with Gasteiger partial charge in [0.1, 0.15) is 10.3 Å². The van der Waals surface area contributed by atoms with Gasteiger partial charge in [0.2, 0.25) is 5.91 Å². The van der Waals surface area contributed by atoms with Crippen LogP contribution in [-0.2, 0) is 9.53 Å². The number of carbonyl (C=O) groups excluding carboxylic acids is 2. The zero-order chi connectivity index (χ0) is 19.8. The van der Waals surface area contributed by atoms with Crippen LogP contribution < -0.4 is 5.32 Å². The molecule has 2 heterocycles. The summed E-state index contributed by atoms with van der Waals surface area (Å²) in [6, 6.07) is 7.25. The number of rotatable bonds is 2. The number of thioether (sulfide) groups is 1. The van der Waals surface area contributed by atoms with Gasteiger partial charge in [0.15, 0.2) is 5.17 Å². The van der Waals surface area contributed by atoms with Crippen molar-refractivity contribution in [1.82, 2.24) is 10.2 Å². The van der Waals surface area contributed by atoms with Gasteiger partial charge in [0.25, 0.3) is 0 Å². The van der Waals surface area contributed by atoms with E-state index in [1.165, 1.54) is 11.8 Å². The Balaban J connectivity index is 1.71. The second-order valence-electron chi connectivity index (χ2n) is 7.94. The number of likely N-dealkylation sites (tertiary alicyclic amines) is 1. The maximum absolute atomic E-state index is 12.7. The smallest absolute Gasteiger partial charge is 0.410 e. The van der Waals surface area contributed by atoms with Gasteiger partial charge in [-0.15, -0.1) is 0 Å². The first-order chi connectivity index (χ1) is 12.6. The number of nitrogens with zero attached hydrogens (tertiary/aromatic N) is 2. The van der Waals surface area contributed by atoms with Crippen molar-refractivity contribution in [2.75, 3.05) is 13.1 Å². The van der Waals surface area contributed by atoms with Gasteiger partial charge in [-0.1, -0.05) is 35.5 Å². The third-order valence-corrected chi connectivity index (χ3v) is 6.32. The van der Waals surface area contributed by atoms with Crippen molar-refractivity contribution in [3.05, 3.63) is 29.3 Å². The number of aliphatic imine (C=N–C) groups is 1. The summed E-state index contributed by atoms with van der Waals surface area (Å²) in [6.45, 7) is 8.52. The van der Waals surface area contributed by atoms with Crippen LogP contribution in [0.4, 0.5) is 10.5 Å². The first-order valence-corrected chi connectivity index (χ1v) is 10.1. The Labute approximate surface area is 168 Å². The summed E-state index contributed by atoms with van der Waals surface area (Å²) in [5.74, 6) is -0.0664. The standard InChI is InChI=1S/C19H24ClN3O3S/c1-18(2,3)26-17(25)23-10-9-12(11-23)19(4)15(24)22-16(27-19)21-14-8-6-5-7-13(14)20/h5-8,12H,9-11H2,1-4H3,(H,21,22,24)/t12?,19-/m1/s1. The zero-order valence-corrected chi connectivity index (χ0v) is 17.5. The largest absolute Gasteiger partial charge is 0.444 e. The van der Waals surface area contributed by atoms with Crippen LogP contribution >= 0.6 is 23.4 Å². The predicted octanol–water partition coefficient (Wildman–Crippen LogP) is 4.21. The summed E-state index contributed by atoms with van der Waals surface area (Å²) < 4.78 is 4.76. The third kappa shape index (κ3) is 4.41. The molecule has 2 fully saturated rings. The van der Waals surface area contributed by atoms with Gasteiger partial charge in [-0.25, -0.2) is 9.79 Å². The summed E-state index contributed by atoms with van der Waals surface area (Å²) in [7, 11) is 0. The minimum absolute atomic E-state index is 0.0222. The molecule has 2 aliphatic rings. The number of amidine groups is 1. The van der Waals surface area contributed by atoms with Crippen molar-refractivity contribution in [3.8, 4) is 0 Å². The molecule has 2 amide bonds. The van der Waals surface area contributed by atoms with Crippen LogP contribution in [0.2, 0.25) is 5.02 Å². The normalized spacial score (nSPS) is 27.1. The quantitative estimate of drug-likeness (QED) is 0.794. The number of para-hydroxylation sites is 1. The highest BCUT2D eigenvalue weighted by molar-refractivity contribution is 8.16. The van der Waals surface area contributed by atoms with E-state index in [2.05, 4.69) is 10.3 Å². The summed E-state index contributed by atoms with van der Waals surface area (Å²) in [5, 5.41) is 3.93. The third-order valence-electron chi connectivity index (χ3n) is 4.67. The molecular formula is C19H24ClN3O3S. The Morgan fingerprint density at radius 1 is 1.41 bits per heavy atom. The van der Waals surface area contributed by atoms with E-state index in [1.54, 1.807) is 17.0 Å². The van der Waals surface area contributed by atoms with Crippen molar-refractivity contribution in [1.29, 1.82) is 0 Å². The van der Waals surface area contributed by atoms with Crippen LogP contribution in [0.15, 0.2) is 29.3 Å². The number of ether oxygens (including phenoxy) is 1. The molecule has 6 nitrogen and oxygen atoms in total. The minimum Gasteiger partial charge on any atom is -0.444 e. The maximum Gasteiger partial charge on any atom is 0.410 e. The molecule has 1 unspecified atom stereocenters. The van der Waals surface area contributed by atoms with Crippen LogP contribution in [0.25, 0.3) is 0 Å². The van der Waals surface area contributed by atoms with Crippen LogP contribution in [-0.4, -0.2) is 45.5 Å². The van der Waals surface area contributed by atoms with E-state index in [0.717, 1.165) is 6.42 Å². The molecule has 0 saturated carbocycles. The predicted molar refractivity (Wildman–Crippen MR) is 109 cm³/mol. The molecule has 1 aromatic rings. The molecule has 2 aliphatic heterocycles. The lowest BCUT2D eigenvalue weighted by atomic mass is 9.91. The molecule has 146 valence electrons. The van der Waals surface area contributed by atoms with Gasteiger partial charge in [-0.3, -0.25) is 4.79 Å². The first-order valence-electron chi connectivity index (χ1n) is 8.90. The van der Waals surface area contributed by atoms with Gasteiger partial charge in [-0.05, 0) is 46.2 Å². The van der Waals surface area contributed by atoms with E-state index in [4.69, 9.17) is 16.3 Å². The second kappa shape index (κ2) is 7.36. The summed E-state index contributed by atoms with van der Waals surface area (Å²) in [6.07, 6.45) is 0.414. The monoisotopic (exact) mass is 409 g/mol. The molecular weight excluding hydrogens is 386 g/mol. The Morgan fingerprint density at radius 2 is 2.11 bits per heavy atom. The van der Waals surface area contributed by atoms with E-state index in [0.29, 0.717) is 29.0 Å². The van der Waals surface area contributed by atoms with Gasteiger partial charge in [-0.2, -0.15) is 0 Å². The zero-order valence-electron chi connectivity index (χ0n) is 15.9. The second-order valence-corrected chi connectivity index (χ2v) is 9.79. The average molecular weight is 410 g/mol. The van der Waals surface area contributed by atoms with E-state index in [9.17, 15) is 9.59 Å². The molecule has 2 saturated heterocycles. The van der Waals surface area contributed by atoms with Crippen LogP contribution in [0.5, 0.6) is 0 Å². The minimum atomic E-state index is -0.684. The van der Waals surface area contributed by atoms with Crippen LogP contribution in [0, 0.1) is 5.92 Å². The van der Waals surface area contributed by atoms with Crippen LogP contribution in [0.1, 0.15) is 34.1 Å². The van der Waals surface area contributed by atoms with E-state index in [-0.39, 0.29) is 17.9 Å². The molecule has 1 N–H and O–H groups in total. The molecule has 3 rings (SSSR count). The number of amides is 2. The van der Waals surface area contributed by atoms with Gasteiger partial charge in [0, 0.05) is 19.0 Å².